The Hall–Kier alpha value is -3.29. The Morgan fingerprint density at radius 3 is 2.75 bits per heavy atom. The molecular weight excluding hydrogens is 538 g/mol. The largest absolute Gasteiger partial charge is 0.462 e. The number of rotatable bonds is 6. The number of fused-ring (bicyclic) bond motifs is 3. The van der Waals surface area contributed by atoms with Crippen LogP contribution in [0.5, 0.6) is 6.01 Å². The van der Waals surface area contributed by atoms with Crippen LogP contribution in [0.4, 0.5) is 14.6 Å². The molecule has 8 nitrogen and oxygen atoms in total. The van der Waals surface area contributed by atoms with Gasteiger partial charge in [-0.15, -0.1) is 0 Å². The molecule has 4 aliphatic rings. The van der Waals surface area contributed by atoms with Gasteiger partial charge >= 0.3 is 6.01 Å². The normalized spacial score (nSPS) is 27.0. The zero-order valence-electron chi connectivity index (χ0n) is 22.1. The van der Waals surface area contributed by atoms with Crippen LogP contribution < -0.4 is 15.0 Å². The molecule has 1 spiro atoms. The van der Waals surface area contributed by atoms with Gasteiger partial charge in [0, 0.05) is 41.7 Å². The number of alkyl halides is 1. The number of benzene rings is 1. The maximum Gasteiger partial charge on any atom is 0.318 e. The van der Waals surface area contributed by atoms with Gasteiger partial charge in [0.25, 0.3) is 5.91 Å². The second kappa shape index (κ2) is 10.6. The topological polar surface area (TPSA) is 94.4 Å². The number of anilines is 1. The van der Waals surface area contributed by atoms with Crippen molar-refractivity contribution >= 4 is 23.3 Å². The fourth-order valence-corrected chi connectivity index (χ4v) is 6.95. The van der Waals surface area contributed by atoms with E-state index >= 15 is 4.39 Å². The summed E-state index contributed by atoms with van der Waals surface area (Å²) >= 11 is 6.49. The molecule has 3 heterocycles. The number of ether oxygens (including phenoxy) is 1. The highest BCUT2D eigenvalue weighted by molar-refractivity contribution is 6.31. The molecule has 2 saturated heterocycles. The maximum atomic E-state index is 16.8. The molecule has 2 aliphatic heterocycles. The summed E-state index contributed by atoms with van der Waals surface area (Å²) in [5.41, 5.74) is 2.28. The lowest BCUT2D eigenvalue weighted by molar-refractivity contribution is -0.131. The Balaban J connectivity index is 1.37. The monoisotopic (exact) mass is 568 g/mol. The van der Waals surface area contributed by atoms with Crippen molar-refractivity contribution in [3.05, 3.63) is 58.0 Å². The Kier molecular flexibility index (Phi) is 7.13. The minimum Gasteiger partial charge on any atom is -0.462 e. The average molecular weight is 569 g/mol. The van der Waals surface area contributed by atoms with E-state index < -0.39 is 29.4 Å². The summed E-state index contributed by atoms with van der Waals surface area (Å²) in [6.07, 6.45) is 2.12. The minimum absolute atomic E-state index is 0.0197. The molecule has 0 radical (unpaired) electrons. The van der Waals surface area contributed by atoms with E-state index in [2.05, 4.69) is 22.9 Å². The molecule has 1 aromatic carbocycles. The summed E-state index contributed by atoms with van der Waals surface area (Å²) in [7, 11) is 0. The van der Waals surface area contributed by atoms with E-state index in [9.17, 15) is 14.4 Å². The lowest BCUT2D eigenvalue weighted by atomic mass is 9.68. The first-order chi connectivity index (χ1) is 19.3. The predicted molar refractivity (Wildman–Crippen MR) is 146 cm³/mol. The van der Waals surface area contributed by atoms with Gasteiger partial charge in [0.1, 0.15) is 12.4 Å². The summed E-state index contributed by atoms with van der Waals surface area (Å²) in [6, 6.07) is 7.56. The fraction of sp³-hybridized carbons (Fsp3) is 0.517. The van der Waals surface area contributed by atoms with E-state index in [1.807, 2.05) is 23.1 Å². The van der Waals surface area contributed by atoms with Gasteiger partial charge in [-0.05, 0) is 55.8 Å². The number of piperazine rings is 1. The van der Waals surface area contributed by atoms with E-state index in [1.165, 1.54) is 4.90 Å². The van der Waals surface area contributed by atoms with Crippen LogP contribution >= 0.6 is 11.6 Å². The second-order valence-electron chi connectivity index (χ2n) is 11.1. The van der Waals surface area contributed by atoms with Gasteiger partial charge in [-0.2, -0.15) is 15.2 Å². The summed E-state index contributed by atoms with van der Waals surface area (Å²) in [5.74, 6) is -1.32. The highest BCUT2D eigenvalue weighted by atomic mass is 35.5. The molecule has 4 atom stereocenters. The number of amides is 1. The predicted octanol–water partition coefficient (Wildman–Crippen LogP) is 4.13. The second-order valence-corrected chi connectivity index (χ2v) is 11.5. The van der Waals surface area contributed by atoms with Crippen molar-refractivity contribution in [1.29, 1.82) is 5.26 Å². The van der Waals surface area contributed by atoms with Gasteiger partial charge in [-0.1, -0.05) is 30.3 Å². The number of nitrogens with zero attached hydrogens (tertiary/aromatic N) is 5. The van der Waals surface area contributed by atoms with E-state index in [4.69, 9.17) is 21.3 Å². The van der Waals surface area contributed by atoms with Crippen molar-refractivity contribution in [3.63, 3.8) is 0 Å². The third-order valence-electron chi connectivity index (χ3n) is 8.96. The zero-order valence-corrected chi connectivity index (χ0v) is 22.9. The van der Waals surface area contributed by atoms with Crippen molar-refractivity contribution in [2.24, 2.45) is 0 Å². The van der Waals surface area contributed by atoms with Gasteiger partial charge in [0.2, 0.25) is 0 Å². The number of hydrogen-bond acceptors (Lipinski definition) is 7. The maximum absolute atomic E-state index is 16.8. The summed E-state index contributed by atoms with van der Waals surface area (Å²) < 4.78 is 36.5. The Labute approximate surface area is 237 Å². The quantitative estimate of drug-likeness (QED) is 0.524. The molecule has 2 aromatic rings. The van der Waals surface area contributed by atoms with E-state index in [1.54, 1.807) is 0 Å². The van der Waals surface area contributed by atoms with E-state index in [0.717, 1.165) is 24.1 Å². The van der Waals surface area contributed by atoms with Crippen LogP contribution in [0.25, 0.3) is 0 Å². The van der Waals surface area contributed by atoms with Crippen molar-refractivity contribution in [3.8, 4) is 12.1 Å². The minimum atomic E-state index is -1.38. The van der Waals surface area contributed by atoms with E-state index in [-0.39, 0.29) is 31.6 Å². The van der Waals surface area contributed by atoms with Gasteiger partial charge in [0.05, 0.1) is 24.2 Å². The first-order valence-corrected chi connectivity index (χ1v) is 14.2. The number of halogens is 3. The molecular formula is C29H31ClF2N6O2. The van der Waals surface area contributed by atoms with Gasteiger partial charge in [0.15, 0.2) is 12.0 Å². The standard InChI is InChI=1S/C29H31ClF2N6O2/c1-17(31)27(39)38-14-13-37(15-19(38)7-11-33)26-21-6-10-29(9-5-20-22(29)3-2-4-23(20)30)25(32)24(21)35-28(36-26)40-16-18-8-12-34-18/h2-4,18-19,25,34H,1,5-10,12-16H2/t18-,19-,25-,29+/m0/s1. The number of nitrogens with one attached hydrogen (secondary N) is 1. The Morgan fingerprint density at radius 1 is 1.27 bits per heavy atom. The number of carbonyl (C=O) groups excluding carboxylic acids is 1. The summed E-state index contributed by atoms with van der Waals surface area (Å²) in [4.78, 5) is 25.1. The number of hydrogen-bond donors (Lipinski definition) is 1. The number of nitriles is 1. The molecule has 6 rings (SSSR count). The van der Waals surface area contributed by atoms with Crippen LogP contribution in [0.2, 0.25) is 5.02 Å². The summed E-state index contributed by atoms with van der Waals surface area (Å²) in [6.45, 7) is 5.21. The molecule has 2 fully saturated rings. The van der Waals surface area contributed by atoms with Crippen molar-refractivity contribution in [2.75, 3.05) is 37.7 Å². The SMILES string of the molecule is C=C(F)C(=O)N1CCN(c2nc(OC[C@@H]3CCN3)nc3c2CC[C@@]2(CCc4c(Cl)cccc42)[C@H]3F)C[C@@H]1CC#N. The van der Waals surface area contributed by atoms with Crippen LogP contribution in [-0.2, 0) is 23.1 Å². The highest BCUT2D eigenvalue weighted by Gasteiger charge is 2.51. The number of aromatic nitrogens is 2. The Morgan fingerprint density at radius 2 is 2.05 bits per heavy atom. The van der Waals surface area contributed by atoms with Crippen LogP contribution in [0.15, 0.2) is 30.6 Å². The Bertz CT molecular complexity index is 1400. The van der Waals surface area contributed by atoms with E-state index in [0.29, 0.717) is 60.9 Å². The zero-order chi connectivity index (χ0) is 28.0. The molecule has 1 N–H and O–H groups in total. The third-order valence-corrected chi connectivity index (χ3v) is 9.32. The van der Waals surface area contributed by atoms with Crippen molar-refractivity contribution in [2.45, 2.75) is 62.2 Å². The lowest BCUT2D eigenvalue weighted by Crippen LogP contribution is -2.55. The van der Waals surface area contributed by atoms with Crippen LogP contribution in [0, 0.1) is 11.3 Å². The fourth-order valence-electron chi connectivity index (χ4n) is 6.68. The van der Waals surface area contributed by atoms with Crippen LogP contribution in [0.1, 0.15) is 54.2 Å². The average Bonchev–Trinajstić information content (AvgIpc) is 3.30. The molecule has 0 saturated carbocycles. The first kappa shape index (κ1) is 26.9. The molecule has 0 bridgehead atoms. The lowest BCUT2D eigenvalue weighted by Gasteiger charge is -2.43. The van der Waals surface area contributed by atoms with Gasteiger partial charge in [-0.25, -0.2) is 8.78 Å². The third kappa shape index (κ3) is 4.49. The molecule has 2 aliphatic carbocycles. The first-order valence-electron chi connectivity index (χ1n) is 13.8. The van der Waals surface area contributed by atoms with Crippen LogP contribution in [-0.4, -0.2) is 65.6 Å². The van der Waals surface area contributed by atoms with Crippen molar-refractivity contribution < 1.29 is 18.3 Å². The van der Waals surface area contributed by atoms with Gasteiger partial charge in [-0.3, -0.25) is 4.79 Å². The smallest absolute Gasteiger partial charge is 0.318 e. The molecule has 0 unspecified atom stereocenters. The molecule has 40 heavy (non-hydrogen) atoms. The molecule has 11 heteroatoms. The number of carbonyl (C=O) groups is 1. The highest BCUT2D eigenvalue weighted by Crippen LogP contribution is 2.56. The van der Waals surface area contributed by atoms with Crippen LogP contribution in [0.3, 0.4) is 0 Å². The van der Waals surface area contributed by atoms with Crippen molar-refractivity contribution in [1.82, 2.24) is 20.2 Å². The molecule has 1 aromatic heterocycles. The molecule has 210 valence electrons. The summed E-state index contributed by atoms with van der Waals surface area (Å²) in [5, 5.41) is 13.4. The molecule has 1 amide bonds. The van der Waals surface area contributed by atoms with Gasteiger partial charge < -0.3 is 19.9 Å².